The molecule has 3 heterocycles. The minimum atomic E-state index is -1.01. The molecule has 28 heavy (non-hydrogen) atoms. The van der Waals surface area contributed by atoms with Crippen molar-refractivity contribution < 1.29 is 14.7 Å². The first-order valence-corrected chi connectivity index (χ1v) is 9.03. The van der Waals surface area contributed by atoms with Gasteiger partial charge in [0.05, 0.1) is 29.9 Å². The second-order valence-electron chi connectivity index (χ2n) is 6.76. The molecule has 1 amide bonds. The standard InChI is InChI=1S/C20H19N5O3/c26-19(10-14-4-2-1-3-5-14)24-9-7-16(12-24)25-13-18(22-23-25)17-11-15(20(27)28)6-8-21-17/h1-6,8,11,13,16H,7,9-10,12H2,(H,27,28). The molecule has 0 bridgehead atoms. The molecule has 1 aliphatic rings. The number of rotatable bonds is 5. The van der Waals surface area contributed by atoms with Crippen molar-refractivity contribution >= 4 is 11.9 Å². The Labute approximate surface area is 161 Å². The van der Waals surface area contributed by atoms with Gasteiger partial charge in [-0.1, -0.05) is 35.5 Å². The number of benzene rings is 1. The number of nitrogens with zero attached hydrogens (tertiary/aromatic N) is 5. The van der Waals surface area contributed by atoms with Crippen molar-refractivity contribution in [3.8, 4) is 11.4 Å². The number of carbonyl (C=O) groups excluding carboxylic acids is 1. The van der Waals surface area contributed by atoms with Crippen LogP contribution in [0.4, 0.5) is 0 Å². The number of carboxylic acids is 1. The fourth-order valence-corrected chi connectivity index (χ4v) is 3.34. The molecule has 8 heteroatoms. The van der Waals surface area contributed by atoms with E-state index in [1.54, 1.807) is 10.9 Å². The summed E-state index contributed by atoms with van der Waals surface area (Å²) in [5.74, 6) is -0.913. The highest BCUT2D eigenvalue weighted by Gasteiger charge is 2.28. The van der Waals surface area contributed by atoms with Crippen LogP contribution >= 0.6 is 0 Å². The van der Waals surface area contributed by atoms with E-state index in [1.807, 2.05) is 35.2 Å². The molecular weight excluding hydrogens is 358 g/mol. The number of likely N-dealkylation sites (tertiary alicyclic amines) is 1. The molecule has 1 aliphatic heterocycles. The second-order valence-corrected chi connectivity index (χ2v) is 6.76. The van der Waals surface area contributed by atoms with Gasteiger partial charge in [0.25, 0.3) is 0 Å². The van der Waals surface area contributed by atoms with E-state index in [9.17, 15) is 9.59 Å². The van der Waals surface area contributed by atoms with E-state index in [2.05, 4.69) is 15.3 Å². The van der Waals surface area contributed by atoms with Crippen LogP contribution in [0.2, 0.25) is 0 Å². The van der Waals surface area contributed by atoms with Crippen molar-refractivity contribution in [1.82, 2.24) is 24.9 Å². The van der Waals surface area contributed by atoms with Crippen LogP contribution in [0.3, 0.4) is 0 Å². The molecule has 1 saturated heterocycles. The number of pyridine rings is 1. The summed E-state index contributed by atoms with van der Waals surface area (Å²) >= 11 is 0. The van der Waals surface area contributed by atoms with Crippen LogP contribution in [-0.4, -0.2) is 55.0 Å². The van der Waals surface area contributed by atoms with E-state index < -0.39 is 5.97 Å². The van der Waals surface area contributed by atoms with Crippen LogP contribution in [0.5, 0.6) is 0 Å². The SMILES string of the molecule is O=C(O)c1ccnc(-c2cn(C3CCN(C(=O)Cc4ccccc4)C3)nn2)c1. The van der Waals surface area contributed by atoms with Gasteiger partial charge in [-0.25, -0.2) is 9.48 Å². The monoisotopic (exact) mass is 377 g/mol. The van der Waals surface area contributed by atoms with Gasteiger partial charge in [-0.2, -0.15) is 0 Å². The third kappa shape index (κ3) is 3.75. The molecule has 3 aromatic rings. The summed E-state index contributed by atoms with van der Waals surface area (Å²) in [7, 11) is 0. The summed E-state index contributed by atoms with van der Waals surface area (Å²) in [6, 6.07) is 12.7. The first-order valence-electron chi connectivity index (χ1n) is 9.03. The van der Waals surface area contributed by atoms with Gasteiger partial charge in [0.1, 0.15) is 5.69 Å². The lowest BCUT2D eigenvalue weighted by Crippen LogP contribution is -2.30. The molecule has 0 spiro atoms. The lowest BCUT2D eigenvalue weighted by molar-refractivity contribution is -0.129. The lowest BCUT2D eigenvalue weighted by atomic mass is 10.1. The topological polar surface area (TPSA) is 101 Å². The number of carbonyl (C=O) groups is 2. The van der Waals surface area contributed by atoms with Crippen LogP contribution in [0.25, 0.3) is 11.4 Å². The van der Waals surface area contributed by atoms with Crippen LogP contribution in [0.1, 0.15) is 28.4 Å². The molecule has 0 saturated carbocycles. The Balaban J connectivity index is 1.43. The Kier molecular flexibility index (Phi) is 4.84. The van der Waals surface area contributed by atoms with Crippen molar-refractivity contribution in [1.29, 1.82) is 0 Å². The number of aromatic carboxylic acids is 1. The van der Waals surface area contributed by atoms with Gasteiger partial charge in [0.2, 0.25) is 5.91 Å². The van der Waals surface area contributed by atoms with E-state index in [0.717, 1.165) is 12.0 Å². The maximum absolute atomic E-state index is 12.5. The third-order valence-corrected chi connectivity index (χ3v) is 4.87. The molecule has 0 aliphatic carbocycles. The Morgan fingerprint density at radius 1 is 1.14 bits per heavy atom. The zero-order chi connectivity index (χ0) is 19.5. The Bertz CT molecular complexity index is 1000. The second kappa shape index (κ2) is 7.59. The Hall–Kier alpha value is -3.55. The molecule has 0 radical (unpaired) electrons. The van der Waals surface area contributed by atoms with E-state index in [4.69, 9.17) is 5.11 Å². The lowest BCUT2D eigenvalue weighted by Gasteiger charge is -2.16. The normalized spacial score (nSPS) is 16.3. The van der Waals surface area contributed by atoms with E-state index in [0.29, 0.717) is 30.9 Å². The van der Waals surface area contributed by atoms with Gasteiger partial charge >= 0.3 is 5.97 Å². The van der Waals surface area contributed by atoms with Crippen molar-refractivity contribution in [3.63, 3.8) is 0 Å². The molecule has 1 fully saturated rings. The predicted octanol–water partition coefficient (Wildman–Crippen LogP) is 2.05. The molecule has 1 aromatic carbocycles. The maximum Gasteiger partial charge on any atom is 0.335 e. The molecule has 142 valence electrons. The smallest absolute Gasteiger partial charge is 0.335 e. The summed E-state index contributed by atoms with van der Waals surface area (Å²) in [4.78, 5) is 29.7. The van der Waals surface area contributed by atoms with E-state index in [-0.39, 0.29) is 17.5 Å². The third-order valence-electron chi connectivity index (χ3n) is 4.87. The van der Waals surface area contributed by atoms with Gasteiger partial charge in [0.15, 0.2) is 0 Å². The highest BCUT2D eigenvalue weighted by molar-refractivity contribution is 5.88. The summed E-state index contributed by atoms with van der Waals surface area (Å²) < 4.78 is 1.74. The van der Waals surface area contributed by atoms with Gasteiger partial charge in [-0.05, 0) is 24.1 Å². The molecule has 1 unspecified atom stereocenters. The number of hydrogen-bond donors (Lipinski definition) is 1. The molecule has 8 nitrogen and oxygen atoms in total. The maximum atomic E-state index is 12.5. The number of hydrogen-bond acceptors (Lipinski definition) is 5. The largest absolute Gasteiger partial charge is 0.478 e. The molecule has 4 rings (SSSR count). The Morgan fingerprint density at radius 2 is 1.96 bits per heavy atom. The quantitative estimate of drug-likeness (QED) is 0.730. The van der Waals surface area contributed by atoms with Gasteiger partial charge in [-0.15, -0.1) is 5.10 Å². The van der Waals surface area contributed by atoms with Crippen molar-refractivity contribution in [3.05, 3.63) is 66.0 Å². The highest BCUT2D eigenvalue weighted by atomic mass is 16.4. The highest BCUT2D eigenvalue weighted by Crippen LogP contribution is 2.23. The van der Waals surface area contributed by atoms with Crippen LogP contribution in [0.15, 0.2) is 54.9 Å². The summed E-state index contributed by atoms with van der Waals surface area (Å²) in [5.41, 5.74) is 2.12. The van der Waals surface area contributed by atoms with Gasteiger partial charge in [-0.3, -0.25) is 9.78 Å². The Morgan fingerprint density at radius 3 is 2.75 bits per heavy atom. The van der Waals surface area contributed by atoms with Gasteiger partial charge < -0.3 is 10.0 Å². The van der Waals surface area contributed by atoms with E-state index >= 15 is 0 Å². The average molecular weight is 377 g/mol. The minimum Gasteiger partial charge on any atom is -0.478 e. The minimum absolute atomic E-state index is 0.0450. The summed E-state index contributed by atoms with van der Waals surface area (Å²) in [5, 5.41) is 17.4. The molecule has 2 aromatic heterocycles. The van der Waals surface area contributed by atoms with Crippen molar-refractivity contribution in [2.75, 3.05) is 13.1 Å². The molecule has 1 atom stereocenters. The zero-order valence-corrected chi connectivity index (χ0v) is 15.1. The van der Waals surface area contributed by atoms with Gasteiger partial charge in [0, 0.05) is 19.3 Å². The first kappa shape index (κ1) is 17.8. The molecule has 1 N–H and O–H groups in total. The summed E-state index contributed by atoms with van der Waals surface area (Å²) in [6.45, 7) is 1.26. The summed E-state index contributed by atoms with van der Waals surface area (Å²) in [6.07, 6.45) is 4.38. The predicted molar refractivity (Wildman–Crippen MR) is 101 cm³/mol. The fourth-order valence-electron chi connectivity index (χ4n) is 3.34. The van der Waals surface area contributed by atoms with Crippen LogP contribution < -0.4 is 0 Å². The zero-order valence-electron chi connectivity index (χ0n) is 15.1. The van der Waals surface area contributed by atoms with Crippen LogP contribution in [0, 0.1) is 0 Å². The van der Waals surface area contributed by atoms with Crippen LogP contribution in [-0.2, 0) is 11.2 Å². The number of amides is 1. The van der Waals surface area contributed by atoms with Crippen molar-refractivity contribution in [2.45, 2.75) is 18.9 Å². The number of carboxylic acid groups (broad SMARTS) is 1. The van der Waals surface area contributed by atoms with Crippen molar-refractivity contribution in [2.24, 2.45) is 0 Å². The number of aromatic nitrogens is 4. The average Bonchev–Trinajstić information content (AvgIpc) is 3.38. The first-order chi connectivity index (χ1) is 13.6. The fraction of sp³-hybridized carbons (Fsp3) is 0.250. The molecular formula is C20H19N5O3. The van der Waals surface area contributed by atoms with E-state index in [1.165, 1.54) is 18.3 Å².